The summed E-state index contributed by atoms with van der Waals surface area (Å²) in [6, 6.07) is 0. The number of rotatable bonds is 1. The second-order valence-electron chi connectivity index (χ2n) is 2.61. The Labute approximate surface area is 89.9 Å². The molecule has 14 heavy (non-hydrogen) atoms. The normalized spacial score (nSPS) is 15.9. The molecule has 1 aromatic rings. The van der Waals surface area contributed by atoms with E-state index < -0.39 is 0 Å². The van der Waals surface area contributed by atoms with Crippen molar-refractivity contribution in [2.45, 2.75) is 0 Å². The van der Waals surface area contributed by atoms with E-state index in [1.807, 2.05) is 0 Å². The van der Waals surface area contributed by atoms with E-state index >= 15 is 0 Å². The summed E-state index contributed by atoms with van der Waals surface area (Å²) in [4.78, 5) is 7.66. The molecule has 8 heteroatoms. The number of hydrazine groups is 1. The first-order valence-corrected chi connectivity index (χ1v) is 4.52. The van der Waals surface area contributed by atoms with Gasteiger partial charge in [0.25, 0.3) is 5.84 Å². The zero-order valence-corrected chi connectivity index (χ0v) is 8.71. The average Bonchev–Trinajstić information content (AvgIpc) is 2.51. The van der Waals surface area contributed by atoms with Crippen LogP contribution in [0.2, 0.25) is 10.3 Å². The highest BCUT2D eigenvalue weighted by molar-refractivity contribution is 6.37. The van der Waals surface area contributed by atoms with Crippen molar-refractivity contribution in [3.63, 3.8) is 0 Å². The van der Waals surface area contributed by atoms with E-state index in [2.05, 4.69) is 20.6 Å². The van der Waals surface area contributed by atoms with Crippen LogP contribution in [0.5, 0.6) is 0 Å². The number of quaternary nitrogens is 1. The standard InChI is InChI=1S/C6H6Cl2N6/c1-14-12-6(11-13-14)3-4(7)9-2-10-5(3)8/h2,13H,1H3,(H,11,12)/p+1. The Kier molecular flexibility index (Phi) is 2.51. The Morgan fingerprint density at radius 3 is 2.50 bits per heavy atom. The molecule has 0 unspecified atom stereocenters. The lowest BCUT2D eigenvalue weighted by Crippen LogP contribution is -2.95. The molecule has 0 saturated carbocycles. The van der Waals surface area contributed by atoms with E-state index in [0.29, 0.717) is 11.4 Å². The summed E-state index contributed by atoms with van der Waals surface area (Å²) in [5, 5.41) is 6.23. The van der Waals surface area contributed by atoms with Gasteiger partial charge in [0.15, 0.2) is 0 Å². The predicted molar refractivity (Wildman–Crippen MR) is 51.4 cm³/mol. The van der Waals surface area contributed by atoms with Crippen LogP contribution in [0.1, 0.15) is 5.56 Å². The van der Waals surface area contributed by atoms with Crippen LogP contribution in [0.25, 0.3) is 0 Å². The third-order valence-corrected chi connectivity index (χ3v) is 2.23. The number of halogens is 2. The van der Waals surface area contributed by atoms with E-state index in [0.717, 1.165) is 0 Å². The van der Waals surface area contributed by atoms with Crippen LogP contribution >= 0.6 is 23.2 Å². The SMILES string of the molecule is CN1N=C(c2c(Cl)ncnc2Cl)[NH2+]N1. The van der Waals surface area contributed by atoms with Crippen molar-refractivity contribution < 1.29 is 5.43 Å². The monoisotopic (exact) mass is 233 g/mol. The molecule has 0 atom stereocenters. The minimum Gasteiger partial charge on any atom is -0.224 e. The second-order valence-corrected chi connectivity index (χ2v) is 3.33. The highest BCUT2D eigenvalue weighted by Gasteiger charge is 2.24. The van der Waals surface area contributed by atoms with Gasteiger partial charge >= 0.3 is 0 Å². The van der Waals surface area contributed by atoms with Crippen molar-refractivity contribution in [2.75, 3.05) is 7.05 Å². The summed E-state index contributed by atoms with van der Waals surface area (Å²) in [5.74, 6) is 0.614. The lowest BCUT2D eigenvalue weighted by Gasteiger charge is -1.99. The fraction of sp³-hybridized carbons (Fsp3) is 0.167. The molecule has 0 saturated heterocycles. The molecule has 2 heterocycles. The van der Waals surface area contributed by atoms with Crippen LogP contribution in [-0.2, 0) is 0 Å². The molecule has 6 nitrogen and oxygen atoms in total. The maximum absolute atomic E-state index is 5.87. The predicted octanol–water partition coefficient (Wildman–Crippen LogP) is -0.627. The fourth-order valence-electron chi connectivity index (χ4n) is 1.05. The second kappa shape index (κ2) is 3.66. The molecule has 1 aromatic heterocycles. The van der Waals surface area contributed by atoms with E-state index in [1.165, 1.54) is 11.4 Å². The quantitative estimate of drug-likeness (QED) is 0.501. The van der Waals surface area contributed by atoms with Gasteiger partial charge < -0.3 is 0 Å². The van der Waals surface area contributed by atoms with Crippen molar-refractivity contribution in [3.05, 3.63) is 22.2 Å². The summed E-state index contributed by atoms with van der Waals surface area (Å²) in [6.45, 7) is 0. The molecule has 0 fully saturated rings. The van der Waals surface area contributed by atoms with Crippen LogP contribution < -0.4 is 11.0 Å². The highest BCUT2D eigenvalue weighted by atomic mass is 35.5. The molecule has 0 aromatic carbocycles. The Morgan fingerprint density at radius 1 is 1.36 bits per heavy atom. The minimum absolute atomic E-state index is 0.289. The molecule has 0 radical (unpaired) electrons. The summed E-state index contributed by atoms with van der Waals surface area (Å²) in [6.07, 6.45) is 1.31. The van der Waals surface area contributed by atoms with Crippen LogP contribution in [0.15, 0.2) is 11.4 Å². The van der Waals surface area contributed by atoms with Gasteiger partial charge in [-0.05, 0) is 0 Å². The number of nitrogens with zero attached hydrogens (tertiary/aromatic N) is 4. The van der Waals surface area contributed by atoms with Gasteiger partial charge in [-0.15, -0.1) is 0 Å². The molecule has 1 aliphatic rings. The van der Waals surface area contributed by atoms with Crippen molar-refractivity contribution in [1.82, 2.24) is 20.6 Å². The molecular weight excluding hydrogens is 227 g/mol. The first-order chi connectivity index (χ1) is 6.68. The average molecular weight is 234 g/mol. The Hall–Kier alpha value is -0.950. The van der Waals surface area contributed by atoms with E-state index in [4.69, 9.17) is 23.2 Å². The molecule has 3 N–H and O–H groups in total. The summed E-state index contributed by atoms with van der Waals surface area (Å²) >= 11 is 11.7. The Balaban J connectivity index is 2.46. The number of hydrogen-bond donors (Lipinski definition) is 2. The Morgan fingerprint density at radius 2 is 2.00 bits per heavy atom. The van der Waals surface area contributed by atoms with Crippen molar-refractivity contribution in [2.24, 2.45) is 5.10 Å². The third-order valence-electron chi connectivity index (χ3n) is 1.66. The van der Waals surface area contributed by atoms with Crippen LogP contribution in [-0.4, -0.2) is 28.0 Å². The van der Waals surface area contributed by atoms with Crippen LogP contribution in [0.4, 0.5) is 0 Å². The van der Waals surface area contributed by atoms with Crippen LogP contribution in [0, 0.1) is 0 Å². The first kappa shape index (κ1) is 9.60. The van der Waals surface area contributed by atoms with Gasteiger partial charge in [0.1, 0.15) is 22.2 Å². The smallest absolute Gasteiger partial charge is 0.224 e. The zero-order chi connectivity index (χ0) is 10.1. The molecule has 2 rings (SSSR count). The number of nitrogens with one attached hydrogen (secondary N) is 1. The number of nitrogens with two attached hydrogens (primary N) is 1. The molecular formula is C6H7Cl2N6+. The third kappa shape index (κ3) is 1.64. The number of amidine groups is 1. The molecule has 0 aliphatic carbocycles. The summed E-state index contributed by atoms with van der Waals surface area (Å²) in [5.41, 5.74) is 5.07. The van der Waals surface area contributed by atoms with Gasteiger partial charge in [0.2, 0.25) is 0 Å². The van der Waals surface area contributed by atoms with Gasteiger partial charge in [-0.2, -0.15) is 10.5 Å². The van der Waals surface area contributed by atoms with E-state index in [9.17, 15) is 0 Å². The van der Waals surface area contributed by atoms with Gasteiger partial charge in [0, 0.05) is 7.05 Å². The number of aromatic nitrogens is 2. The highest BCUT2D eigenvalue weighted by Crippen LogP contribution is 2.19. The Bertz CT molecular complexity index is 372. The lowest BCUT2D eigenvalue weighted by molar-refractivity contribution is -0.618. The lowest BCUT2D eigenvalue weighted by atomic mass is 10.3. The van der Waals surface area contributed by atoms with Crippen molar-refractivity contribution in [3.8, 4) is 0 Å². The summed E-state index contributed by atoms with van der Waals surface area (Å²) in [7, 11) is 1.76. The fourth-order valence-corrected chi connectivity index (χ4v) is 1.56. The van der Waals surface area contributed by atoms with Crippen molar-refractivity contribution >= 4 is 29.0 Å². The molecule has 0 spiro atoms. The van der Waals surface area contributed by atoms with Gasteiger partial charge in [-0.25, -0.2) is 9.97 Å². The van der Waals surface area contributed by atoms with Crippen molar-refractivity contribution in [1.29, 1.82) is 0 Å². The van der Waals surface area contributed by atoms with E-state index in [1.54, 1.807) is 12.5 Å². The van der Waals surface area contributed by atoms with E-state index in [-0.39, 0.29) is 10.3 Å². The van der Waals surface area contributed by atoms with Gasteiger partial charge in [-0.1, -0.05) is 33.8 Å². The summed E-state index contributed by atoms with van der Waals surface area (Å²) < 4.78 is 0. The van der Waals surface area contributed by atoms with Crippen LogP contribution in [0.3, 0.4) is 0 Å². The topological polar surface area (TPSA) is 70.0 Å². The zero-order valence-electron chi connectivity index (χ0n) is 7.20. The largest absolute Gasteiger partial charge is 0.277 e. The van der Waals surface area contributed by atoms with Gasteiger partial charge in [0.05, 0.1) is 0 Å². The molecule has 1 aliphatic heterocycles. The van der Waals surface area contributed by atoms with Gasteiger partial charge in [-0.3, -0.25) is 0 Å². The molecule has 0 amide bonds. The maximum atomic E-state index is 5.87. The molecule has 0 bridgehead atoms. The minimum atomic E-state index is 0.289. The maximum Gasteiger partial charge on any atom is 0.277 e. The first-order valence-electron chi connectivity index (χ1n) is 3.76. The number of hydrogen-bond acceptors (Lipinski definition) is 5. The molecule has 74 valence electrons. The number of hydrazone groups is 1.